The summed E-state index contributed by atoms with van der Waals surface area (Å²) >= 11 is 0. The van der Waals surface area contributed by atoms with E-state index < -0.39 is 14.7 Å². The second kappa shape index (κ2) is 15.1. The third kappa shape index (κ3) is 12.9. The van der Waals surface area contributed by atoms with Gasteiger partial charge in [0.1, 0.15) is 0 Å². The molecule has 0 rings (SSSR count). The molecule has 0 aromatic heterocycles. The van der Waals surface area contributed by atoms with E-state index in [0.29, 0.717) is 45.3 Å². The number of ether oxygens (including phenoxy) is 1. The largest absolute Gasteiger partial charge is 0.501 e. The monoisotopic (exact) mass is 380 g/mol. The van der Waals surface area contributed by atoms with Crippen molar-refractivity contribution in [2.75, 3.05) is 26.4 Å². The molecule has 0 aliphatic heterocycles. The van der Waals surface area contributed by atoms with Crippen LogP contribution in [0, 0.1) is 0 Å². The third-order valence-electron chi connectivity index (χ3n) is 4.10. The molecule has 0 radical (unpaired) electrons. The first-order valence-electron chi connectivity index (χ1n) is 10.2. The number of rotatable bonds is 18. The Labute approximate surface area is 156 Å². The average Bonchev–Trinajstić information content (AvgIpc) is 2.56. The third-order valence-corrected chi connectivity index (χ3v) is 7.25. The zero-order valence-electron chi connectivity index (χ0n) is 17.2. The summed E-state index contributed by atoms with van der Waals surface area (Å²) in [6.07, 6.45) is 8.05. The fourth-order valence-corrected chi connectivity index (χ4v) is 5.45. The van der Waals surface area contributed by atoms with Crippen molar-refractivity contribution in [3.05, 3.63) is 0 Å². The van der Waals surface area contributed by atoms with Crippen LogP contribution in [0.25, 0.3) is 0 Å². The molecule has 0 aromatic carbocycles. The predicted octanol–water partition coefficient (Wildman–Crippen LogP) is 5.88. The van der Waals surface area contributed by atoms with Crippen LogP contribution in [0.4, 0.5) is 4.39 Å². The molecule has 0 aromatic rings. The Morgan fingerprint density at radius 3 is 1.80 bits per heavy atom. The topological polar surface area (TPSA) is 36.9 Å². The van der Waals surface area contributed by atoms with Gasteiger partial charge in [-0.05, 0) is 40.5 Å². The Morgan fingerprint density at radius 2 is 1.28 bits per heavy atom. The van der Waals surface area contributed by atoms with Crippen molar-refractivity contribution >= 4 is 8.80 Å². The van der Waals surface area contributed by atoms with E-state index >= 15 is 0 Å². The second-order valence-corrected chi connectivity index (χ2v) is 9.29. The molecule has 0 saturated heterocycles. The van der Waals surface area contributed by atoms with Gasteiger partial charge >= 0.3 is 8.80 Å². The van der Waals surface area contributed by atoms with Gasteiger partial charge in [-0.3, -0.25) is 0 Å². The fourth-order valence-electron chi connectivity index (χ4n) is 2.87. The minimum atomic E-state index is -2.64. The summed E-state index contributed by atoms with van der Waals surface area (Å²) in [5, 5.41) is 0. The van der Waals surface area contributed by atoms with Crippen molar-refractivity contribution in [1.82, 2.24) is 0 Å². The number of hydrogen-bond donors (Lipinski definition) is 0. The first-order valence-corrected chi connectivity index (χ1v) is 12.1. The van der Waals surface area contributed by atoms with Crippen LogP contribution in [0.2, 0.25) is 6.04 Å². The summed E-state index contributed by atoms with van der Waals surface area (Å²) in [5.41, 5.74) is 0. The Morgan fingerprint density at radius 1 is 0.760 bits per heavy atom. The molecule has 25 heavy (non-hydrogen) atoms. The lowest BCUT2D eigenvalue weighted by molar-refractivity contribution is -0.137. The highest BCUT2D eigenvalue weighted by Gasteiger charge is 2.39. The highest BCUT2D eigenvalue weighted by atomic mass is 28.4. The van der Waals surface area contributed by atoms with Crippen LogP contribution in [0.15, 0.2) is 0 Å². The summed E-state index contributed by atoms with van der Waals surface area (Å²) < 4.78 is 37.3. The van der Waals surface area contributed by atoms with Gasteiger partial charge in [0.2, 0.25) is 5.85 Å². The smallest absolute Gasteiger partial charge is 0.374 e. The van der Waals surface area contributed by atoms with Gasteiger partial charge in [0.25, 0.3) is 0 Å². The molecule has 0 aliphatic carbocycles. The molecule has 0 N–H and O–H groups in total. The van der Waals surface area contributed by atoms with Gasteiger partial charge in [-0.2, -0.15) is 0 Å². The highest BCUT2D eigenvalue weighted by molar-refractivity contribution is 6.60. The first-order chi connectivity index (χ1) is 11.9. The van der Waals surface area contributed by atoms with E-state index in [1.165, 1.54) is 32.6 Å². The van der Waals surface area contributed by atoms with Crippen molar-refractivity contribution in [3.8, 4) is 0 Å². The van der Waals surface area contributed by atoms with E-state index in [9.17, 15) is 4.39 Å². The molecule has 152 valence electrons. The van der Waals surface area contributed by atoms with Gasteiger partial charge in [0.05, 0.1) is 6.61 Å². The molecule has 0 bridgehead atoms. The Bertz CT molecular complexity index is 286. The van der Waals surface area contributed by atoms with Crippen molar-refractivity contribution in [2.45, 2.75) is 97.9 Å². The lowest BCUT2D eigenvalue weighted by Crippen LogP contribution is -2.46. The summed E-state index contributed by atoms with van der Waals surface area (Å²) in [6, 6.07) is 0.662. The molecule has 0 amide bonds. The Balaban J connectivity index is 4.07. The maximum atomic E-state index is 14.4. The van der Waals surface area contributed by atoms with Gasteiger partial charge in [-0.25, -0.2) is 4.39 Å². The van der Waals surface area contributed by atoms with Crippen molar-refractivity contribution in [1.29, 1.82) is 0 Å². The predicted molar refractivity (Wildman–Crippen MR) is 104 cm³/mol. The SMILES string of the molecule is CCCCCCCCC(C)(F)OCCC[Si](OCC)(OCC)OCC. The molecular weight excluding hydrogens is 339 g/mol. The van der Waals surface area contributed by atoms with Gasteiger partial charge in [0.15, 0.2) is 0 Å². The molecule has 0 spiro atoms. The number of unbranched alkanes of at least 4 members (excludes halogenated alkanes) is 5. The standard InChI is InChI=1S/C19H41FO4Si/c1-6-10-11-12-13-14-16-19(5,20)21-17-15-18-25(22-7-2,23-8-3)24-9-4/h6-18H2,1-5H3. The minimum Gasteiger partial charge on any atom is -0.374 e. The normalized spacial score (nSPS) is 14.6. The lowest BCUT2D eigenvalue weighted by Gasteiger charge is -2.29. The maximum Gasteiger partial charge on any atom is 0.501 e. The molecular formula is C19H41FO4Si. The average molecular weight is 381 g/mol. The van der Waals surface area contributed by atoms with E-state index in [-0.39, 0.29) is 0 Å². The second-order valence-electron chi connectivity index (χ2n) is 6.55. The van der Waals surface area contributed by atoms with Gasteiger partial charge < -0.3 is 18.0 Å². The minimum absolute atomic E-state index is 0.366. The summed E-state index contributed by atoms with van der Waals surface area (Å²) in [7, 11) is -2.64. The van der Waals surface area contributed by atoms with Gasteiger partial charge in [-0.1, -0.05) is 39.0 Å². The van der Waals surface area contributed by atoms with E-state index in [4.69, 9.17) is 18.0 Å². The zero-order valence-corrected chi connectivity index (χ0v) is 18.2. The highest BCUT2D eigenvalue weighted by Crippen LogP contribution is 2.24. The van der Waals surface area contributed by atoms with E-state index in [1.54, 1.807) is 0 Å². The molecule has 0 saturated carbocycles. The molecule has 4 nitrogen and oxygen atoms in total. The number of hydrogen-bond acceptors (Lipinski definition) is 4. The van der Waals surface area contributed by atoms with Crippen LogP contribution in [0.1, 0.15) is 86.0 Å². The maximum absolute atomic E-state index is 14.4. The van der Waals surface area contributed by atoms with Crippen molar-refractivity contribution < 1.29 is 22.4 Å². The van der Waals surface area contributed by atoms with Crippen LogP contribution in [-0.4, -0.2) is 41.1 Å². The van der Waals surface area contributed by atoms with Crippen LogP contribution in [0.3, 0.4) is 0 Å². The van der Waals surface area contributed by atoms with Crippen LogP contribution >= 0.6 is 0 Å². The molecule has 1 unspecified atom stereocenters. The van der Waals surface area contributed by atoms with Crippen LogP contribution in [0.5, 0.6) is 0 Å². The summed E-state index contributed by atoms with van der Waals surface area (Å²) in [6.45, 7) is 11.6. The Hall–Kier alpha value is -0.0131. The molecule has 1 atom stereocenters. The quantitative estimate of drug-likeness (QED) is 0.220. The van der Waals surface area contributed by atoms with Crippen molar-refractivity contribution in [2.24, 2.45) is 0 Å². The zero-order chi connectivity index (χ0) is 19.0. The fraction of sp³-hybridized carbons (Fsp3) is 1.00. The van der Waals surface area contributed by atoms with Crippen LogP contribution in [-0.2, 0) is 18.0 Å². The number of alkyl halides is 1. The van der Waals surface area contributed by atoms with E-state index in [0.717, 1.165) is 12.8 Å². The Kier molecular flexibility index (Phi) is 15.1. The number of halogens is 1. The van der Waals surface area contributed by atoms with Crippen molar-refractivity contribution in [3.63, 3.8) is 0 Å². The van der Waals surface area contributed by atoms with Crippen LogP contribution < -0.4 is 0 Å². The lowest BCUT2D eigenvalue weighted by atomic mass is 10.1. The summed E-state index contributed by atoms with van der Waals surface area (Å²) in [5.74, 6) is -1.54. The van der Waals surface area contributed by atoms with E-state index in [2.05, 4.69) is 6.92 Å². The molecule has 0 heterocycles. The van der Waals surface area contributed by atoms with Gasteiger partial charge in [-0.15, -0.1) is 0 Å². The van der Waals surface area contributed by atoms with E-state index in [1.807, 2.05) is 20.8 Å². The molecule has 6 heteroatoms. The summed E-state index contributed by atoms with van der Waals surface area (Å²) in [4.78, 5) is 0. The molecule has 0 fully saturated rings. The molecule has 0 aliphatic rings. The van der Waals surface area contributed by atoms with Gasteiger partial charge in [0, 0.05) is 32.3 Å². The first kappa shape index (κ1) is 25.0.